The summed E-state index contributed by atoms with van der Waals surface area (Å²) in [5.74, 6) is -0.171. The lowest BCUT2D eigenvalue weighted by Crippen LogP contribution is -2.36. The van der Waals surface area contributed by atoms with Crippen molar-refractivity contribution in [2.45, 2.75) is 31.2 Å². The Bertz CT molecular complexity index is 954. The third kappa shape index (κ3) is 3.45. The number of anilines is 1. The van der Waals surface area contributed by atoms with Crippen LogP contribution in [0.4, 0.5) is 19.0 Å². The summed E-state index contributed by atoms with van der Waals surface area (Å²) >= 11 is 0. The number of carbonyl (C=O) groups is 1. The smallest absolute Gasteiger partial charge is 0.410 e. The highest BCUT2D eigenvalue weighted by Gasteiger charge is 2.47. The minimum Gasteiger partial charge on any atom is -0.467 e. The number of aromatic nitrogens is 3. The number of fused-ring (bicyclic) bond motifs is 1. The summed E-state index contributed by atoms with van der Waals surface area (Å²) in [7, 11) is 0. The van der Waals surface area contributed by atoms with E-state index in [4.69, 9.17) is 4.42 Å². The molecular weight excluding hydrogens is 375 g/mol. The van der Waals surface area contributed by atoms with Gasteiger partial charge in [-0.1, -0.05) is 6.07 Å². The fourth-order valence-corrected chi connectivity index (χ4v) is 3.17. The minimum atomic E-state index is -4.52. The van der Waals surface area contributed by atoms with Gasteiger partial charge in [-0.15, -0.1) is 0 Å². The number of alkyl halides is 3. The SMILES string of the molecule is O=C(NCc1ccccn1)c1cnn2c1NC(c1ccco1)CC2C(F)(F)F. The third-order valence-corrected chi connectivity index (χ3v) is 4.53. The van der Waals surface area contributed by atoms with E-state index in [0.29, 0.717) is 11.5 Å². The van der Waals surface area contributed by atoms with E-state index in [-0.39, 0.29) is 24.3 Å². The van der Waals surface area contributed by atoms with E-state index < -0.39 is 24.2 Å². The predicted octanol–water partition coefficient (Wildman–Crippen LogP) is 3.46. The standard InChI is InChI=1S/C18H16F3N5O2/c19-18(20,21)15-8-13(14-5-3-7-28-14)25-16-12(10-24-26(15)16)17(27)23-9-11-4-1-2-6-22-11/h1-7,10,13,15,25H,8-9H2,(H,23,27). The molecule has 2 N–H and O–H groups in total. The Morgan fingerprint density at radius 3 is 2.86 bits per heavy atom. The molecule has 0 spiro atoms. The lowest BCUT2D eigenvalue weighted by Gasteiger charge is -2.32. The van der Waals surface area contributed by atoms with Crippen LogP contribution >= 0.6 is 0 Å². The molecule has 0 aromatic carbocycles. The molecule has 0 saturated carbocycles. The van der Waals surface area contributed by atoms with Gasteiger partial charge in [0.25, 0.3) is 5.91 Å². The van der Waals surface area contributed by atoms with Gasteiger partial charge in [0.05, 0.1) is 30.7 Å². The number of nitrogens with zero attached hydrogens (tertiary/aromatic N) is 3. The zero-order chi connectivity index (χ0) is 19.7. The molecule has 1 aliphatic rings. The topological polar surface area (TPSA) is 85.0 Å². The minimum absolute atomic E-state index is 0.00787. The maximum absolute atomic E-state index is 13.6. The van der Waals surface area contributed by atoms with Crippen LogP contribution in [0.3, 0.4) is 0 Å². The van der Waals surface area contributed by atoms with Gasteiger partial charge >= 0.3 is 6.18 Å². The van der Waals surface area contributed by atoms with Gasteiger partial charge in [-0.25, -0.2) is 4.68 Å². The first kappa shape index (κ1) is 18.1. The molecule has 2 unspecified atom stereocenters. The third-order valence-electron chi connectivity index (χ3n) is 4.53. The van der Waals surface area contributed by atoms with Crippen LogP contribution in [0.1, 0.15) is 40.3 Å². The molecule has 0 fully saturated rings. The van der Waals surface area contributed by atoms with Crippen molar-refractivity contribution in [2.24, 2.45) is 0 Å². The summed E-state index contributed by atoms with van der Waals surface area (Å²) in [6.07, 6.45) is -0.686. The van der Waals surface area contributed by atoms with Crippen LogP contribution in [0.2, 0.25) is 0 Å². The summed E-state index contributed by atoms with van der Waals surface area (Å²) < 4.78 is 46.8. The fraction of sp³-hybridized carbons (Fsp3) is 0.278. The monoisotopic (exact) mass is 391 g/mol. The van der Waals surface area contributed by atoms with Gasteiger partial charge in [0.2, 0.25) is 0 Å². The fourth-order valence-electron chi connectivity index (χ4n) is 3.17. The molecule has 0 radical (unpaired) electrons. The predicted molar refractivity (Wildman–Crippen MR) is 92.4 cm³/mol. The molecule has 3 aromatic heterocycles. The zero-order valence-electron chi connectivity index (χ0n) is 14.5. The molecule has 146 valence electrons. The van der Waals surface area contributed by atoms with Crippen LogP contribution in [-0.2, 0) is 6.54 Å². The second-order valence-corrected chi connectivity index (χ2v) is 6.36. The van der Waals surface area contributed by atoms with E-state index >= 15 is 0 Å². The number of nitrogens with one attached hydrogen (secondary N) is 2. The van der Waals surface area contributed by atoms with Crippen molar-refractivity contribution < 1.29 is 22.4 Å². The Hall–Kier alpha value is -3.30. The Morgan fingerprint density at radius 2 is 2.18 bits per heavy atom. The second-order valence-electron chi connectivity index (χ2n) is 6.36. The van der Waals surface area contributed by atoms with Gasteiger partial charge in [-0.2, -0.15) is 18.3 Å². The van der Waals surface area contributed by atoms with Gasteiger partial charge < -0.3 is 15.1 Å². The van der Waals surface area contributed by atoms with Gasteiger partial charge in [0.15, 0.2) is 6.04 Å². The number of amides is 1. The van der Waals surface area contributed by atoms with Crippen molar-refractivity contribution in [3.63, 3.8) is 0 Å². The van der Waals surface area contributed by atoms with Gasteiger partial charge in [0, 0.05) is 12.6 Å². The average molecular weight is 391 g/mol. The van der Waals surface area contributed by atoms with Crippen LogP contribution < -0.4 is 10.6 Å². The molecule has 0 bridgehead atoms. The Kier molecular flexibility index (Phi) is 4.54. The molecule has 10 heteroatoms. The molecule has 4 rings (SSSR count). The van der Waals surface area contributed by atoms with Crippen LogP contribution in [0, 0.1) is 0 Å². The van der Waals surface area contributed by atoms with E-state index in [2.05, 4.69) is 20.7 Å². The van der Waals surface area contributed by atoms with Crippen LogP contribution in [0.15, 0.2) is 53.4 Å². The van der Waals surface area contributed by atoms with Crippen LogP contribution in [0.5, 0.6) is 0 Å². The van der Waals surface area contributed by atoms with Gasteiger partial charge in [-0.05, 0) is 24.3 Å². The molecule has 3 aromatic rings. The Labute approximate surface area is 157 Å². The maximum atomic E-state index is 13.6. The van der Waals surface area contributed by atoms with E-state index in [1.807, 2.05) is 0 Å². The lowest BCUT2D eigenvalue weighted by atomic mass is 10.0. The van der Waals surface area contributed by atoms with Crippen molar-refractivity contribution in [2.75, 3.05) is 5.32 Å². The Balaban J connectivity index is 1.61. The first-order chi connectivity index (χ1) is 13.4. The first-order valence-electron chi connectivity index (χ1n) is 8.56. The molecule has 4 heterocycles. The Morgan fingerprint density at radius 1 is 1.32 bits per heavy atom. The summed E-state index contributed by atoms with van der Waals surface area (Å²) in [5, 5.41) is 9.44. The van der Waals surface area contributed by atoms with Crippen molar-refractivity contribution in [3.05, 3.63) is 66.0 Å². The van der Waals surface area contributed by atoms with Crippen LogP contribution in [-0.4, -0.2) is 26.8 Å². The molecule has 2 atom stereocenters. The normalized spacial score (nSPS) is 19.0. The van der Waals surface area contributed by atoms with Gasteiger partial charge in [0.1, 0.15) is 17.1 Å². The quantitative estimate of drug-likeness (QED) is 0.712. The number of carbonyl (C=O) groups excluding carboxylic acids is 1. The molecule has 0 aliphatic carbocycles. The summed E-state index contributed by atoms with van der Waals surface area (Å²) in [5.41, 5.74) is 0.660. The van der Waals surface area contributed by atoms with Crippen molar-refractivity contribution in [1.82, 2.24) is 20.1 Å². The van der Waals surface area contributed by atoms with Crippen molar-refractivity contribution in [3.8, 4) is 0 Å². The lowest BCUT2D eigenvalue weighted by molar-refractivity contribution is -0.174. The number of rotatable bonds is 4. The molecule has 28 heavy (non-hydrogen) atoms. The van der Waals surface area contributed by atoms with E-state index in [0.717, 1.165) is 10.9 Å². The number of halogens is 3. The molecule has 1 amide bonds. The molecular formula is C18H16F3N5O2. The largest absolute Gasteiger partial charge is 0.467 e. The second kappa shape index (κ2) is 7.02. The van der Waals surface area contributed by atoms with Crippen molar-refractivity contribution in [1.29, 1.82) is 0 Å². The summed E-state index contributed by atoms with van der Waals surface area (Å²) in [4.78, 5) is 16.7. The number of pyridine rings is 1. The highest BCUT2D eigenvalue weighted by atomic mass is 19.4. The van der Waals surface area contributed by atoms with Gasteiger partial charge in [-0.3, -0.25) is 9.78 Å². The maximum Gasteiger partial charge on any atom is 0.410 e. The summed E-state index contributed by atoms with van der Waals surface area (Å²) in [6, 6.07) is 5.86. The van der Waals surface area contributed by atoms with Crippen molar-refractivity contribution >= 4 is 11.7 Å². The molecule has 1 aliphatic heterocycles. The number of hydrogen-bond donors (Lipinski definition) is 2. The summed E-state index contributed by atoms with van der Waals surface area (Å²) in [6.45, 7) is 0.147. The highest BCUT2D eigenvalue weighted by Crippen LogP contribution is 2.44. The number of furan rings is 1. The van der Waals surface area contributed by atoms with E-state index in [1.54, 1.807) is 36.5 Å². The van der Waals surface area contributed by atoms with E-state index in [9.17, 15) is 18.0 Å². The molecule has 7 nitrogen and oxygen atoms in total. The molecule has 0 saturated heterocycles. The first-order valence-corrected chi connectivity index (χ1v) is 8.56. The average Bonchev–Trinajstić information content (AvgIpc) is 3.35. The number of hydrogen-bond acceptors (Lipinski definition) is 5. The van der Waals surface area contributed by atoms with Crippen LogP contribution in [0.25, 0.3) is 0 Å². The van der Waals surface area contributed by atoms with E-state index in [1.165, 1.54) is 6.26 Å². The highest BCUT2D eigenvalue weighted by molar-refractivity contribution is 5.98. The zero-order valence-corrected chi connectivity index (χ0v) is 14.5.